The van der Waals surface area contributed by atoms with Gasteiger partial charge >= 0.3 is 11.9 Å². The molecule has 0 aromatic carbocycles. The number of rotatable bonds is 20. The Labute approximate surface area is 200 Å². The van der Waals surface area contributed by atoms with E-state index in [1.54, 1.807) is 12.5 Å². The highest BCUT2D eigenvalue weighted by Gasteiger charge is 2.18. The Morgan fingerprint density at radius 2 is 1.70 bits per heavy atom. The fourth-order valence-corrected chi connectivity index (χ4v) is 3.68. The molecule has 0 saturated carbocycles. The molecule has 1 unspecified atom stereocenters. The van der Waals surface area contributed by atoms with Gasteiger partial charge in [-0.05, 0) is 44.9 Å². The summed E-state index contributed by atoms with van der Waals surface area (Å²) in [5.74, 6) is -1.36. The van der Waals surface area contributed by atoms with Gasteiger partial charge < -0.3 is 14.4 Å². The van der Waals surface area contributed by atoms with Crippen molar-refractivity contribution >= 4 is 11.9 Å². The van der Waals surface area contributed by atoms with Crippen LogP contribution in [0.4, 0.5) is 0 Å². The SMILES string of the molecule is CCCCC/C=C\C/C=C\CCCCCCCC(=O)OCC(CC(=O)O)Cc1cncn1C. The highest BCUT2D eigenvalue weighted by Crippen LogP contribution is 2.14. The Morgan fingerprint density at radius 1 is 1.03 bits per heavy atom. The van der Waals surface area contributed by atoms with Crippen LogP contribution in [0.1, 0.15) is 96.1 Å². The summed E-state index contributed by atoms with van der Waals surface area (Å²) in [7, 11) is 1.87. The summed E-state index contributed by atoms with van der Waals surface area (Å²) in [6.45, 7) is 2.37. The van der Waals surface area contributed by atoms with Crippen molar-refractivity contribution < 1.29 is 19.4 Å². The molecule has 0 radical (unpaired) electrons. The highest BCUT2D eigenvalue weighted by atomic mass is 16.5. The summed E-state index contributed by atoms with van der Waals surface area (Å²) >= 11 is 0. The Bertz CT molecular complexity index is 709. The first kappa shape index (κ1) is 28.7. The van der Waals surface area contributed by atoms with E-state index in [9.17, 15) is 9.59 Å². The Hall–Kier alpha value is -2.37. The van der Waals surface area contributed by atoms with E-state index in [1.807, 2.05) is 11.6 Å². The van der Waals surface area contributed by atoms with E-state index in [-0.39, 0.29) is 24.9 Å². The van der Waals surface area contributed by atoms with Crippen LogP contribution in [0.25, 0.3) is 0 Å². The van der Waals surface area contributed by atoms with Crippen LogP contribution in [0.2, 0.25) is 0 Å². The number of esters is 1. The number of unbranched alkanes of at least 4 members (excludes halogenated alkanes) is 8. The summed E-state index contributed by atoms with van der Waals surface area (Å²) in [5, 5.41) is 9.13. The zero-order valence-electron chi connectivity index (χ0n) is 20.7. The van der Waals surface area contributed by atoms with E-state index in [0.29, 0.717) is 12.8 Å². The molecule has 0 fully saturated rings. The van der Waals surface area contributed by atoms with E-state index >= 15 is 0 Å². The molecule has 33 heavy (non-hydrogen) atoms. The number of carbonyl (C=O) groups is 2. The van der Waals surface area contributed by atoms with Gasteiger partial charge in [-0.1, -0.05) is 63.3 Å². The Kier molecular flexibility index (Phi) is 16.6. The van der Waals surface area contributed by atoms with Crippen LogP contribution in [0.5, 0.6) is 0 Å². The lowest BCUT2D eigenvalue weighted by Crippen LogP contribution is -2.20. The van der Waals surface area contributed by atoms with E-state index in [4.69, 9.17) is 9.84 Å². The second-order valence-corrected chi connectivity index (χ2v) is 8.83. The number of aryl methyl sites for hydroxylation is 1. The number of carboxylic acid groups (broad SMARTS) is 1. The number of aliphatic carboxylic acids is 1. The zero-order chi connectivity index (χ0) is 24.2. The average molecular weight is 461 g/mol. The maximum atomic E-state index is 12.0. The van der Waals surface area contributed by atoms with Gasteiger partial charge in [-0.2, -0.15) is 0 Å². The number of aromatic nitrogens is 2. The van der Waals surface area contributed by atoms with Gasteiger partial charge in [-0.15, -0.1) is 0 Å². The van der Waals surface area contributed by atoms with Crippen molar-refractivity contribution in [3.8, 4) is 0 Å². The third kappa shape index (κ3) is 16.0. The van der Waals surface area contributed by atoms with Crippen molar-refractivity contribution in [2.24, 2.45) is 13.0 Å². The molecule has 0 aliphatic rings. The van der Waals surface area contributed by atoms with Crippen LogP contribution in [0, 0.1) is 5.92 Å². The maximum Gasteiger partial charge on any atom is 0.305 e. The van der Waals surface area contributed by atoms with Crippen LogP contribution >= 0.6 is 0 Å². The molecule has 1 N–H and O–H groups in total. The van der Waals surface area contributed by atoms with Crippen molar-refractivity contribution in [3.05, 3.63) is 42.5 Å². The topological polar surface area (TPSA) is 81.4 Å². The number of carboxylic acids is 1. The van der Waals surface area contributed by atoms with Gasteiger partial charge in [0.15, 0.2) is 0 Å². The first-order valence-corrected chi connectivity index (χ1v) is 12.7. The molecule has 6 heteroatoms. The lowest BCUT2D eigenvalue weighted by Gasteiger charge is -2.15. The number of ether oxygens (including phenoxy) is 1. The highest BCUT2D eigenvalue weighted by molar-refractivity contribution is 5.69. The minimum atomic E-state index is -0.882. The van der Waals surface area contributed by atoms with Gasteiger partial charge in [0.2, 0.25) is 0 Å². The van der Waals surface area contributed by atoms with Gasteiger partial charge in [0, 0.05) is 31.3 Å². The molecule has 0 bridgehead atoms. The monoisotopic (exact) mass is 460 g/mol. The molecular weight excluding hydrogens is 416 g/mol. The molecule has 1 atom stereocenters. The number of hydrogen-bond donors (Lipinski definition) is 1. The van der Waals surface area contributed by atoms with Crippen LogP contribution in [-0.4, -0.2) is 33.2 Å². The Balaban J connectivity index is 2.04. The molecule has 186 valence electrons. The second kappa shape index (κ2) is 19.1. The average Bonchev–Trinajstić information content (AvgIpc) is 3.18. The molecule has 1 aromatic heterocycles. The first-order valence-electron chi connectivity index (χ1n) is 12.7. The molecule has 0 aliphatic carbocycles. The van der Waals surface area contributed by atoms with Crippen LogP contribution in [0.15, 0.2) is 36.8 Å². The predicted molar refractivity (Wildman–Crippen MR) is 133 cm³/mol. The first-order chi connectivity index (χ1) is 16.0. The van der Waals surface area contributed by atoms with Gasteiger partial charge in [0.1, 0.15) is 0 Å². The number of nitrogens with zero attached hydrogens (tertiary/aromatic N) is 2. The predicted octanol–water partition coefficient (Wildman–Crippen LogP) is 6.41. The molecule has 0 spiro atoms. The smallest absolute Gasteiger partial charge is 0.305 e. The van der Waals surface area contributed by atoms with E-state index in [2.05, 4.69) is 36.2 Å². The minimum absolute atomic E-state index is 0.0256. The lowest BCUT2D eigenvalue weighted by atomic mass is 10.0. The van der Waals surface area contributed by atoms with Crippen molar-refractivity contribution in [2.75, 3.05) is 6.61 Å². The lowest BCUT2D eigenvalue weighted by molar-refractivity contribution is -0.147. The van der Waals surface area contributed by atoms with Gasteiger partial charge in [0.25, 0.3) is 0 Å². The standard InChI is InChI=1S/C27H44N2O4/c1-3-4-5-6-7-8-9-10-11-12-13-14-15-16-17-18-27(32)33-22-24(20-26(30)31)19-25-21-28-23-29(25)2/h7-8,10-11,21,23-24H,3-6,9,12-20,22H2,1-2H3,(H,30,31)/b8-7-,11-10-. The summed E-state index contributed by atoms with van der Waals surface area (Å²) < 4.78 is 7.23. The number of allylic oxidation sites excluding steroid dienone is 4. The van der Waals surface area contributed by atoms with E-state index < -0.39 is 5.97 Å². The molecular formula is C27H44N2O4. The number of hydrogen-bond acceptors (Lipinski definition) is 4. The third-order valence-electron chi connectivity index (χ3n) is 5.69. The van der Waals surface area contributed by atoms with Crippen molar-refractivity contribution in [1.29, 1.82) is 0 Å². The third-order valence-corrected chi connectivity index (χ3v) is 5.69. The number of imidazole rings is 1. The molecule has 1 aromatic rings. The van der Waals surface area contributed by atoms with Crippen LogP contribution < -0.4 is 0 Å². The van der Waals surface area contributed by atoms with Crippen molar-refractivity contribution in [1.82, 2.24) is 9.55 Å². The van der Waals surface area contributed by atoms with Crippen molar-refractivity contribution in [3.63, 3.8) is 0 Å². The summed E-state index contributed by atoms with van der Waals surface area (Å²) in [6, 6.07) is 0. The van der Waals surface area contributed by atoms with Gasteiger partial charge in [0.05, 0.1) is 19.4 Å². The van der Waals surface area contributed by atoms with Crippen LogP contribution in [-0.2, 0) is 27.8 Å². The summed E-state index contributed by atoms with van der Waals surface area (Å²) in [6.07, 6.45) is 25.9. The summed E-state index contributed by atoms with van der Waals surface area (Å²) in [4.78, 5) is 27.2. The second-order valence-electron chi connectivity index (χ2n) is 8.83. The Morgan fingerprint density at radius 3 is 2.33 bits per heavy atom. The van der Waals surface area contributed by atoms with Gasteiger partial charge in [-0.25, -0.2) is 4.98 Å². The molecule has 6 nitrogen and oxygen atoms in total. The number of carbonyl (C=O) groups excluding carboxylic acids is 1. The molecule has 0 amide bonds. The largest absolute Gasteiger partial charge is 0.481 e. The molecule has 0 aliphatic heterocycles. The maximum absolute atomic E-state index is 12.0. The van der Waals surface area contributed by atoms with Crippen LogP contribution in [0.3, 0.4) is 0 Å². The fraction of sp³-hybridized carbons (Fsp3) is 0.667. The molecule has 1 rings (SSSR count). The van der Waals surface area contributed by atoms with Crippen molar-refractivity contribution in [2.45, 2.75) is 96.8 Å². The normalized spacial score (nSPS) is 12.5. The fourth-order valence-electron chi connectivity index (χ4n) is 3.68. The molecule has 1 heterocycles. The summed E-state index contributed by atoms with van der Waals surface area (Å²) in [5.41, 5.74) is 0.936. The minimum Gasteiger partial charge on any atom is -0.481 e. The molecule has 0 saturated heterocycles. The van der Waals surface area contributed by atoms with E-state index in [0.717, 1.165) is 37.8 Å². The van der Waals surface area contributed by atoms with Gasteiger partial charge in [-0.3, -0.25) is 9.59 Å². The zero-order valence-corrected chi connectivity index (χ0v) is 20.7. The van der Waals surface area contributed by atoms with E-state index in [1.165, 1.54) is 38.5 Å². The quantitative estimate of drug-likeness (QED) is 0.138.